The van der Waals surface area contributed by atoms with Crippen LogP contribution in [0.2, 0.25) is 0 Å². The monoisotopic (exact) mass is 634 g/mol. The molecule has 0 saturated carbocycles. The Bertz CT molecular complexity index is 1940. The molecule has 49 heavy (non-hydrogen) atoms. The van der Waals surface area contributed by atoms with Crippen molar-refractivity contribution >= 4 is 16.7 Å². The van der Waals surface area contributed by atoms with Gasteiger partial charge in [0.1, 0.15) is 5.75 Å². The minimum atomic E-state index is 0.351. The third-order valence-corrected chi connectivity index (χ3v) is 8.60. The third-order valence-electron chi connectivity index (χ3n) is 8.60. The quantitative estimate of drug-likeness (QED) is 0.200. The van der Waals surface area contributed by atoms with Crippen molar-refractivity contribution in [1.82, 2.24) is 0 Å². The topological polar surface area (TPSA) is 20.2 Å². The lowest BCUT2D eigenvalue weighted by Crippen LogP contribution is -1.94. The van der Waals surface area contributed by atoms with Crippen LogP contribution in [0.15, 0.2) is 200 Å². The highest BCUT2D eigenvalue weighted by Crippen LogP contribution is 2.41. The van der Waals surface area contributed by atoms with Crippen LogP contribution in [-0.4, -0.2) is 5.11 Å². The van der Waals surface area contributed by atoms with Gasteiger partial charge in [0.25, 0.3) is 0 Å². The van der Waals surface area contributed by atoms with Crippen molar-refractivity contribution in [3.8, 4) is 28.0 Å². The van der Waals surface area contributed by atoms with Gasteiger partial charge < -0.3 is 5.11 Å². The molecule has 0 radical (unpaired) electrons. The fourth-order valence-electron chi connectivity index (χ4n) is 6.14. The number of hydrogen-bond acceptors (Lipinski definition) is 1. The maximum Gasteiger partial charge on any atom is 0.131 e. The molecule has 2 aliphatic carbocycles. The molecule has 0 spiro atoms. The summed E-state index contributed by atoms with van der Waals surface area (Å²) in [4.78, 5) is 0. The molecule has 8 rings (SSSR count). The van der Waals surface area contributed by atoms with Gasteiger partial charge in [0, 0.05) is 11.1 Å². The smallest absolute Gasteiger partial charge is 0.131 e. The van der Waals surface area contributed by atoms with E-state index in [9.17, 15) is 5.11 Å². The van der Waals surface area contributed by atoms with E-state index in [1.54, 1.807) is 0 Å². The molecular weight excluding hydrogens is 593 g/mol. The minimum Gasteiger partial charge on any atom is -0.507 e. The zero-order valence-corrected chi connectivity index (χ0v) is 27.8. The lowest BCUT2D eigenvalue weighted by molar-refractivity contribution is 0.476. The van der Waals surface area contributed by atoms with Gasteiger partial charge in [-0.1, -0.05) is 188 Å². The van der Waals surface area contributed by atoms with Crippen molar-refractivity contribution in [2.45, 2.75) is 25.7 Å². The molecule has 2 aliphatic rings. The molecule has 0 aliphatic heterocycles. The van der Waals surface area contributed by atoms with Crippen molar-refractivity contribution in [2.75, 3.05) is 0 Å². The molecule has 0 atom stereocenters. The van der Waals surface area contributed by atoms with Crippen LogP contribution >= 0.6 is 0 Å². The summed E-state index contributed by atoms with van der Waals surface area (Å²) in [6.07, 6.45) is 15.6. The van der Waals surface area contributed by atoms with Crippen LogP contribution in [0, 0.1) is 0 Å². The van der Waals surface area contributed by atoms with Crippen LogP contribution in [0.25, 0.3) is 39.0 Å². The fourth-order valence-corrected chi connectivity index (χ4v) is 6.14. The van der Waals surface area contributed by atoms with E-state index >= 15 is 0 Å². The maximum absolute atomic E-state index is 11.0. The van der Waals surface area contributed by atoms with E-state index in [2.05, 4.69) is 115 Å². The summed E-state index contributed by atoms with van der Waals surface area (Å²) in [5.74, 6) is 0.351. The van der Waals surface area contributed by atoms with E-state index in [-0.39, 0.29) is 0 Å². The molecule has 0 bridgehead atoms. The van der Waals surface area contributed by atoms with E-state index in [0.29, 0.717) is 5.75 Å². The molecular formula is C48H42O. The summed E-state index contributed by atoms with van der Waals surface area (Å²) in [6.45, 7) is 0. The average molecular weight is 635 g/mol. The molecule has 0 amide bonds. The SMILES string of the molecule is C1=C(c2ccccc2)C(c2ccccc2)=CCC1.Oc1c(C2=CCCC=C2)cc(-c2ccccc2)cc1-c1ccccc1.c1ccccc1. The number of phenolic OH excluding ortho intramolecular Hbond substituents is 1. The van der Waals surface area contributed by atoms with Gasteiger partial charge in [-0.25, -0.2) is 0 Å². The highest BCUT2D eigenvalue weighted by Gasteiger charge is 2.16. The Morgan fingerprint density at radius 1 is 0.347 bits per heavy atom. The third kappa shape index (κ3) is 8.91. The van der Waals surface area contributed by atoms with E-state index < -0.39 is 0 Å². The molecule has 1 heteroatoms. The lowest BCUT2D eigenvalue weighted by Gasteiger charge is -2.17. The van der Waals surface area contributed by atoms with Crippen molar-refractivity contribution in [1.29, 1.82) is 0 Å². The zero-order chi connectivity index (χ0) is 33.5. The lowest BCUT2D eigenvalue weighted by atomic mass is 9.88. The highest BCUT2D eigenvalue weighted by atomic mass is 16.3. The van der Waals surface area contributed by atoms with Gasteiger partial charge in [0.15, 0.2) is 0 Å². The van der Waals surface area contributed by atoms with Crippen molar-refractivity contribution in [2.24, 2.45) is 0 Å². The second-order valence-electron chi connectivity index (χ2n) is 12.0. The number of benzene rings is 6. The number of hydrogen-bond donors (Lipinski definition) is 1. The van der Waals surface area contributed by atoms with Crippen molar-refractivity contribution in [3.05, 3.63) is 217 Å². The summed E-state index contributed by atoms with van der Waals surface area (Å²) in [6, 6.07) is 57.9. The van der Waals surface area contributed by atoms with Gasteiger partial charge in [-0.3, -0.25) is 0 Å². The van der Waals surface area contributed by atoms with Gasteiger partial charge in [-0.05, 0) is 82.4 Å². The van der Waals surface area contributed by atoms with Crippen LogP contribution in [-0.2, 0) is 0 Å². The summed E-state index contributed by atoms with van der Waals surface area (Å²) < 4.78 is 0. The fraction of sp³-hybridized carbons (Fsp3) is 0.0833. The van der Waals surface area contributed by atoms with E-state index in [4.69, 9.17) is 0 Å². The largest absolute Gasteiger partial charge is 0.507 e. The molecule has 0 fully saturated rings. The zero-order valence-electron chi connectivity index (χ0n) is 27.8. The first kappa shape index (κ1) is 33.0. The molecule has 6 aromatic carbocycles. The minimum absolute atomic E-state index is 0.351. The van der Waals surface area contributed by atoms with Crippen molar-refractivity contribution < 1.29 is 5.11 Å². The Morgan fingerprint density at radius 3 is 1.18 bits per heavy atom. The van der Waals surface area contributed by atoms with Crippen molar-refractivity contribution in [3.63, 3.8) is 0 Å². The molecule has 0 saturated heterocycles. The molecule has 0 aromatic heterocycles. The predicted octanol–water partition coefficient (Wildman–Crippen LogP) is 13.1. The van der Waals surface area contributed by atoms with Crippen LogP contribution < -0.4 is 0 Å². The Kier molecular flexibility index (Phi) is 11.6. The molecule has 6 aromatic rings. The normalized spacial score (nSPS) is 13.3. The van der Waals surface area contributed by atoms with Gasteiger partial charge in [-0.2, -0.15) is 0 Å². The van der Waals surface area contributed by atoms with Gasteiger partial charge in [0.05, 0.1) is 0 Å². The van der Waals surface area contributed by atoms with Crippen LogP contribution in [0.3, 0.4) is 0 Å². The molecule has 0 heterocycles. The summed E-state index contributed by atoms with van der Waals surface area (Å²) >= 11 is 0. The first-order valence-corrected chi connectivity index (χ1v) is 17.1. The van der Waals surface area contributed by atoms with Gasteiger partial charge in [0.2, 0.25) is 0 Å². The molecule has 240 valence electrons. The highest BCUT2D eigenvalue weighted by molar-refractivity contribution is 6.05. The Hall–Kier alpha value is -5.92. The summed E-state index contributed by atoms with van der Waals surface area (Å²) in [5, 5.41) is 11.0. The summed E-state index contributed by atoms with van der Waals surface area (Å²) in [5.41, 5.74) is 11.5. The predicted molar refractivity (Wildman–Crippen MR) is 210 cm³/mol. The second kappa shape index (κ2) is 17.3. The van der Waals surface area contributed by atoms with Crippen LogP contribution in [0.4, 0.5) is 0 Å². The van der Waals surface area contributed by atoms with Crippen LogP contribution in [0.5, 0.6) is 5.75 Å². The first-order valence-electron chi connectivity index (χ1n) is 17.1. The van der Waals surface area contributed by atoms with Gasteiger partial charge in [-0.15, -0.1) is 0 Å². The van der Waals surface area contributed by atoms with Gasteiger partial charge >= 0.3 is 0 Å². The van der Waals surface area contributed by atoms with Crippen LogP contribution in [0.1, 0.15) is 42.4 Å². The Morgan fingerprint density at radius 2 is 0.735 bits per heavy atom. The Labute approximate surface area is 291 Å². The van der Waals surface area contributed by atoms with E-state index in [1.165, 1.54) is 22.3 Å². The molecule has 1 nitrogen and oxygen atoms in total. The summed E-state index contributed by atoms with van der Waals surface area (Å²) in [7, 11) is 0. The van der Waals surface area contributed by atoms with E-state index in [0.717, 1.165) is 59.1 Å². The molecule has 1 N–H and O–H groups in total. The number of rotatable bonds is 5. The second-order valence-corrected chi connectivity index (χ2v) is 12.0. The maximum atomic E-state index is 11.0. The standard InChI is InChI=1S/C24H20O.C18H16.C6H6/c25-24-22(19-12-6-2-7-13-19)16-21(18-10-4-1-5-11-18)17-23(24)20-14-8-3-9-15-20;1-3-9-15(10-4-1)17-13-7-8-14-18(17)16-11-5-2-6-12-16;1-2-4-6-5-3-1/h1-2,4-8,10-17,25H,3,9H2;1-6,9-14H,7-8H2;1-6H. The first-order chi connectivity index (χ1) is 24.3. The number of aromatic hydroxyl groups is 1. The number of phenols is 1. The Balaban J connectivity index is 0.000000151. The number of allylic oxidation sites excluding steroid dienone is 8. The molecule has 0 unspecified atom stereocenters. The van der Waals surface area contributed by atoms with E-state index in [1.807, 2.05) is 84.9 Å². The average Bonchev–Trinajstić information content (AvgIpc) is 3.21.